The highest BCUT2D eigenvalue weighted by Crippen LogP contribution is 2.35. The van der Waals surface area contributed by atoms with E-state index in [1.165, 1.54) is 12.8 Å². The van der Waals surface area contributed by atoms with Crippen molar-refractivity contribution in [3.8, 4) is 5.75 Å². The first kappa shape index (κ1) is 16.5. The first-order valence-corrected chi connectivity index (χ1v) is 7.73. The lowest BCUT2D eigenvalue weighted by atomic mass is 10.2. The predicted octanol–water partition coefficient (Wildman–Crippen LogP) is 4.25. The van der Waals surface area contributed by atoms with Gasteiger partial charge in [0.15, 0.2) is 0 Å². The van der Waals surface area contributed by atoms with Crippen LogP contribution in [0.4, 0.5) is 16.2 Å². The number of rotatable bonds is 5. The Morgan fingerprint density at radius 1 is 1.32 bits per heavy atom. The van der Waals surface area contributed by atoms with Crippen molar-refractivity contribution in [1.29, 1.82) is 0 Å². The van der Waals surface area contributed by atoms with E-state index in [9.17, 15) is 4.79 Å². The largest absolute Gasteiger partial charge is 0.495 e. The fourth-order valence-corrected chi connectivity index (χ4v) is 2.29. The lowest BCUT2D eigenvalue weighted by molar-refractivity contribution is 0.0635. The number of carbonyl (C=O) groups excluding carboxylic acids is 1. The van der Waals surface area contributed by atoms with Crippen LogP contribution in [-0.4, -0.2) is 24.8 Å². The van der Waals surface area contributed by atoms with E-state index in [4.69, 9.17) is 9.47 Å². The summed E-state index contributed by atoms with van der Waals surface area (Å²) in [6.45, 7) is 7.68. The summed E-state index contributed by atoms with van der Waals surface area (Å²) in [5, 5.41) is 6.22. The summed E-state index contributed by atoms with van der Waals surface area (Å²) in [6.07, 6.45) is 2.08. The first-order chi connectivity index (χ1) is 10.3. The van der Waals surface area contributed by atoms with Crippen LogP contribution in [0.1, 0.15) is 40.5 Å². The molecule has 1 aliphatic carbocycles. The highest BCUT2D eigenvalue weighted by molar-refractivity contribution is 5.88. The normalized spacial score (nSPS) is 15.9. The summed E-state index contributed by atoms with van der Waals surface area (Å²) >= 11 is 0. The highest BCUT2D eigenvalue weighted by atomic mass is 16.6. The number of hydrogen-bond acceptors (Lipinski definition) is 4. The van der Waals surface area contributed by atoms with Crippen molar-refractivity contribution in [2.24, 2.45) is 5.92 Å². The second-order valence-corrected chi connectivity index (χ2v) is 6.81. The zero-order valence-corrected chi connectivity index (χ0v) is 14.0. The van der Waals surface area contributed by atoms with Crippen molar-refractivity contribution in [3.63, 3.8) is 0 Å². The molecule has 2 N–H and O–H groups in total. The minimum Gasteiger partial charge on any atom is -0.495 e. The summed E-state index contributed by atoms with van der Waals surface area (Å²) in [5.41, 5.74) is 1.03. The number of amides is 1. The topological polar surface area (TPSA) is 59.6 Å². The number of nitrogens with one attached hydrogen (secondary N) is 2. The standard InChI is InChI=1S/C17H26N2O3/c1-11(12-6-7-12)18-13-8-9-15(21-5)14(10-13)19-16(20)22-17(2,3)4/h8-12,18H,6-7H2,1-5H3,(H,19,20). The molecule has 0 heterocycles. The summed E-state index contributed by atoms with van der Waals surface area (Å²) in [6, 6.07) is 6.11. The third kappa shape index (κ3) is 4.83. The Hall–Kier alpha value is -1.91. The van der Waals surface area contributed by atoms with Crippen molar-refractivity contribution < 1.29 is 14.3 Å². The molecule has 5 nitrogen and oxygen atoms in total. The zero-order valence-electron chi connectivity index (χ0n) is 14.0. The van der Waals surface area contributed by atoms with Crippen molar-refractivity contribution in [3.05, 3.63) is 18.2 Å². The molecule has 0 radical (unpaired) electrons. The molecule has 0 aromatic heterocycles. The van der Waals surface area contributed by atoms with Gasteiger partial charge < -0.3 is 14.8 Å². The van der Waals surface area contributed by atoms with Crippen molar-refractivity contribution in [2.45, 2.75) is 52.2 Å². The van der Waals surface area contributed by atoms with E-state index in [1.807, 2.05) is 39.0 Å². The highest BCUT2D eigenvalue weighted by Gasteiger charge is 2.28. The van der Waals surface area contributed by atoms with E-state index in [0.29, 0.717) is 17.5 Å². The summed E-state index contributed by atoms with van der Waals surface area (Å²) in [4.78, 5) is 11.9. The van der Waals surface area contributed by atoms with Gasteiger partial charge in [-0.1, -0.05) is 0 Å². The van der Waals surface area contributed by atoms with Crippen LogP contribution in [-0.2, 0) is 4.74 Å². The Morgan fingerprint density at radius 3 is 2.55 bits per heavy atom. The first-order valence-electron chi connectivity index (χ1n) is 7.73. The van der Waals surface area contributed by atoms with Gasteiger partial charge in [-0.2, -0.15) is 0 Å². The number of methoxy groups -OCH3 is 1. The van der Waals surface area contributed by atoms with E-state index >= 15 is 0 Å². The van der Waals surface area contributed by atoms with Gasteiger partial charge in [0.1, 0.15) is 11.4 Å². The van der Waals surface area contributed by atoms with Gasteiger partial charge in [-0.3, -0.25) is 5.32 Å². The second-order valence-electron chi connectivity index (χ2n) is 6.81. The third-order valence-corrected chi connectivity index (χ3v) is 3.56. The van der Waals surface area contributed by atoms with Gasteiger partial charge in [0.2, 0.25) is 0 Å². The lowest BCUT2D eigenvalue weighted by Crippen LogP contribution is -2.27. The molecule has 22 heavy (non-hydrogen) atoms. The maximum Gasteiger partial charge on any atom is 0.412 e. The van der Waals surface area contributed by atoms with Crippen LogP contribution in [0.15, 0.2) is 18.2 Å². The molecular weight excluding hydrogens is 280 g/mol. The minimum absolute atomic E-state index is 0.433. The molecule has 5 heteroatoms. The van der Waals surface area contributed by atoms with Crippen LogP contribution in [0.5, 0.6) is 5.75 Å². The van der Waals surface area contributed by atoms with Gasteiger partial charge in [-0.15, -0.1) is 0 Å². The molecule has 0 aliphatic heterocycles. The molecule has 1 aliphatic rings. The molecule has 1 unspecified atom stereocenters. The molecule has 0 bridgehead atoms. The Labute approximate surface area is 132 Å². The van der Waals surface area contributed by atoms with Gasteiger partial charge in [0.05, 0.1) is 12.8 Å². The molecule has 2 rings (SSSR count). The van der Waals surface area contributed by atoms with E-state index in [1.54, 1.807) is 7.11 Å². The predicted molar refractivity (Wildman–Crippen MR) is 88.7 cm³/mol. The average Bonchev–Trinajstić information content (AvgIpc) is 3.20. The number of benzene rings is 1. The van der Waals surface area contributed by atoms with Crippen LogP contribution in [0, 0.1) is 5.92 Å². The summed E-state index contributed by atoms with van der Waals surface area (Å²) in [7, 11) is 1.58. The van der Waals surface area contributed by atoms with Crippen LogP contribution in [0.2, 0.25) is 0 Å². The molecule has 1 aromatic rings. The van der Waals surface area contributed by atoms with E-state index in [-0.39, 0.29) is 0 Å². The number of carbonyl (C=O) groups is 1. The molecule has 1 amide bonds. The van der Waals surface area contributed by atoms with Crippen LogP contribution in [0.3, 0.4) is 0 Å². The SMILES string of the molecule is COc1ccc(NC(C)C2CC2)cc1NC(=O)OC(C)(C)C. The molecular formula is C17H26N2O3. The summed E-state index contributed by atoms with van der Waals surface area (Å²) < 4.78 is 10.6. The molecule has 1 atom stereocenters. The van der Waals surface area contributed by atoms with Gasteiger partial charge in [0.25, 0.3) is 0 Å². The fraction of sp³-hybridized carbons (Fsp3) is 0.588. The molecule has 1 fully saturated rings. The third-order valence-electron chi connectivity index (χ3n) is 3.56. The molecule has 1 aromatic carbocycles. The molecule has 1 saturated carbocycles. The lowest BCUT2D eigenvalue weighted by Gasteiger charge is -2.21. The van der Waals surface area contributed by atoms with Crippen molar-refractivity contribution in [2.75, 3.05) is 17.7 Å². The van der Waals surface area contributed by atoms with E-state index in [2.05, 4.69) is 17.6 Å². The molecule has 0 spiro atoms. The fourth-order valence-electron chi connectivity index (χ4n) is 2.29. The Morgan fingerprint density at radius 2 is 2.00 bits per heavy atom. The summed E-state index contributed by atoms with van der Waals surface area (Å²) in [5.74, 6) is 1.36. The average molecular weight is 306 g/mol. The van der Waals surface area contributed by atoms with Crippen LogP contribution in [0.25, 0.3) is 0 Å². The Balaban J connectivity index is 2.08. The monoisotopic (exact) mass is 306 g/mol. The van der Waals surface area contributed by atoms with Gasteiger partial charge in [0, 0.05) is 11.7 Å². The smallest absolute Gasteiger partial charge is 0.412 e. The van der Waals surface area contributed by atoms with Gasteiger partial charge in [-0.05, 0) is 64.7 Å². The van der Waals surface area contributed by atoms with Gasteiger partial charge in [-0.25, -0.2) is 4.79 Å². The van der Waals surface area contributed by atoms with E-state index < -0.39 is 11.7 Å². The van der Waals surface area contributed by atoms with Crippen molar-refractivity contribution >= 4 is 17.5 Å². The number of hydrogen-bond donors (Lipinski definition) is 2. The number of ether oxygens (including phenoxy) is 2. The Bertz CT molecular complexity index is 533. The van der Waals surface area contributed by atoms with E-state index in [0.717, 1.165) is 11.6 Å². The second kappa shape index (κ2) is 6.46. The quantitative estimate of drug-likeness (QED) is 0.853. The maximum absolute atomic E-state index is 11.9. The van der Waals surface area contributed by atoms with Crippen LogP contribution >= 0.6 is 0 Å². The maximum atomic E-state index is 11.9. The zero-order chi connectivity index (χ0) is 16.3. The molecule has 0 saturated heterocycles. The molecule has 122 valence electrons. The number of anilines is 2. The Kier molecular flexibility index (Phi) is 4.84. The van der Waals surface area contributed by atoms with Crippen LogP contribution < -0.4 is 15.4 Å². The minimum atomic E-state index is -0.534. The van der Waals surface area contributed by atoms with Gasteiger partial charge >= 0.3 is 6.09 Å². The van der Waals surface area contributed by atoms with Crippen molar-refractivity contribution in [1.82, 2.24) is 0 Å².